The number of likely N-dealkylation sites (N-methyl/N-ethyl adjacent to an activating group) is 1. The molecular formula is C15H20F2N2O2. The Bertz CT molecular complexity index is 504. The Morgan fingerprint density at radius 1 is 1.48 bits per heavy atom. The van der Waals surface area contributed by atoms with E-state index in [1.807, 2.05) is 0 Å². The molecule has 1 aromatic rings. The number of primary amides is 1. The van der Waals surface area contributed by atoms with Gasteiger partial charge in [0.15, 0.2) is 17.4 Å². The summed E-state index contributed by atoms with van der Waals surface area (Å²) in [5, 5.41) is 3.02. The number of nitrogens with one attached hydrogen (secondary N) is 1. The van der Waals surface area contributed by atoms with E-state index < -0.39 is 17.2 Å². The minimum atomic E-state index is -0.739. The highest BCUT2D eigenvalue weighted by Gasteiger charge is 2.46. The summed E-state index contributed by atoms with van der Waals surface area (Å²) in [5.41, 5.74) is 4.76. The van der Waals surface area contributed by atoms with Crippen molar-refractivity contribution in [1.82, 2.24) is 5.32 Å². The van der Waals surface area contributed by atoms with Gasteiger partial charge in [-0.3, -0.25) is 4.79 Å². The number of carbonyl (C=O) groups excluding carboxylic acids is 1. The van der Waals surface area contributed by atoms with E-state index in [1.165, 1.54) is 6.07 Å². The van der Waals surface area contributed by atoms with Gasteiger partial charge in [0.05, 0.1) is 6.61 Å². The van der Waals surface area contributed by atoms with E-state index in [9.17, 15) is 13.6 Å². The molecule has 4 nitrogen and oxygen atoms in total. The molecule has 21 heavy (non-hydrogen) atoms. The number of hydrogen-bond acceptors (Lipinski definition) is 3. The summed E-state index contributed by atoms with van der Waals surface area (Å²) in [6.45, 7) is 0.138. The minimum absolute atomic E-state index is 0.00911. The lowest BCUT2D eigenvalue weighted by Gasteiger charge is -2.32. The lowest BCUT2D eigenvalue weighted by atomic mass is 9.84. The Morgan fingerprint density at radius 3 is 2.71 bits per heavy atom. The standard InChI is InChI=1S/C15H20F2N2O2/c1-19-15(14(18)20)8-3-4-10(15)7-9-21-13-11(16)5-2-6-12(13)17/h2,5-6,10,19H,3-4,7-9H2,1H3,(H2,18,20). The van der Waals surface area contributed by atoms with E-state index in [1.54, 1.807) is 7.05 Å². The lowest BCUT2D eigenvalue weighted by molar-refractivity contribution is -0.125. The fraction of sp³-hybridized carbons (Fsp3) is 0.533. The highest BCUT2D eigenvalue weighted by molar-refractivity contribution is 5.85. The largest absolute Gasteiger partial charge is 0.488 e. The molecule has 3 N–H and O–H groups in total. The number of para-hydroxylation sites is 1. The SMILES string of the molecule is CNC1(C(N)=O)CCCC1CCOc1c(F)cccc1F. The van der Waals surface area contributed by atoms with Crippen molar-refractivity contribution in [2.45, 2.75) is 31.2 Å². The summed E-state index contributed by atoms with van der Waals surface area (Å²) < 4.78 is 32.1. The molecule has 1 aliphatic rings. The molecule has 0 heterocycles. The Kier molecular flexibility index (Phi) is 4.77. The van der Waals surface area contributed by atoms with Crippen LogP contribution in [0.2, 0.25) is 0 Å². The Labute approximate surface area is 122 Å². The van der Waals surface area contributed by atoms with E-state index in [4.69, 9.17) is 10.5 Å². The van der Waals surface area contributed by atoms with Crippen molar-refractivity contribution in [3.8, 4) is 5.75 Å². The molecule has 1 fully saturated rings. The summed E-state index contributed by atoms with van der Waals surface area (Å²) >= 11 is 0. The van der Waals surface area contributed by atoms with Crippen LogP contribution >= 0.6 is 0 Å². The van der Waals surface area contributed by atoms with Gasteiger partial charge >= 0.3 is 0 Å². The van der Waals surface area contributed by atoms with Crippen molar-refractivity contribution >= 4 is 5.91 Å². The van der Waals surface area contributed by atoms with Crippen molar-refractivity contribution in [3.63, 3.8) is 0 Å². The fourth-order valence-electron chi connectivity index (χ4n) is 3.17. The molecule has 0 aromatic heterocycles. The van der Waals surface area contributed by atoms with Crippen LogP contribution in [0.4, 0.5) is 8.78 Å². The predicted octanol–water partition coefficient (Wildman–Crippen LogP) is 1.98. The van der Waals surface area contributed by atoms with Crippen molar-refractivity contribution in [3.05, 3.63) is 29.8 Å². The van der Waals surface area contributed by atoms with Crippen LogP contribution in [0.3, 0.4) is 0 Å². The van der Waals surface area contributed by atoms with Crippen LogP contribution in [0.5, 0.6) is 5.75 Å². The predicted molar refractivity (Wildman–Crippen MR) is 74.8 cm³/mol. The highest BCUT2D eigenvalue weighted by atomic mass is 19.1. The van der Waals surface area contributed by atoms with Gasteiger partial charge in [0.1, 0.15) is 5.54 Å². The minimum Gasteiger partial charge on any atom is -0.488 e. The maximum Gasteiger partial charge on any atom is 0.238 e. The quantitative estimate of drug-likeness (QED) is 0.844. The van der Waals surface area contributed by atoms with Crippen LogP contribution in [0.25, 0.3) is 0 Å². The summed E-state index contributed by atoms with van der Waals surface area (Å²) in [7, 11) is 1.71. The molecular weight excluding hydrogens is 278 g/mol. The summed E-state index contributed by atoms with van der Waals surface area (Å²) in [5.74, 6) is -2.20. The van der Waals surface area contributed by atoms with Gasteiger partial charge in [-0.15, -0.1) is 0 Å². The van der Waals surface area contributed by atoms with Crippen molar-refractivity contribution in [1.29, 1.82) is 0 Å². The molecule has 2 unspecified atom stereocenters. The summed E-state index contributed by atoms with van der Waals surface area (Å²) in [6.07, 6.45) is 2.92. The van der Waals surface area contributed by atoms with Gasteiger partial charge in [0.25, 0.3) is 0 Å². The zero-order valence-electron chi connectivity index (χ0n) is 12.0. The van der Waals surface area contributed by atoms with Crippen LogP contribution in [-0.4, -0.2) is 25.1 Å². The molecule has 0 radical (unpaired) electrons. The Balaban J connectivity index is 1.98. The van der Waals surface area contributed by atoms with Crippen LogP contribution in [-0.2, 0) is 4.79 Å². The van der Waals surface area contributed by atoms with Crippen LogP contribution in [0.15, 0.2) is 18.2 Å². The second-order valence-electron chi connectivity index (χ2n) is 5.36. The second-order valence-corrected chi connectivity index (χ2v) is 5.36. The third-order valence-corrected chi connectivity index (χ3v) is 4.34. The molecule has 1 aliphatic carbocycles. The Hall–Kier alpha value is -1.69. The number of nitrogens with two attached hydrogens (primary N) is 1. The van der Waals surface area contributed by atoms with Crippen molar-refractivity contribution in [2.75, 3.05) is 13.7 Å². The first kappa shape index (κ1) is 15.7. The zero-order valence-corrected chi connectivity index (χ0v) is 12.0. The maximum absolute atomic E-state index is 13.4. The maximum atomic E-state index is 13.4. The second kappa shape index (κ2) is 6.39. The molecule has 2 atom stereocenters. The average Bonchev–Trinajstić information content (AvgIpc) is 2.86. The van der Waals surface area contributed by atoms with Gasteiger partial charge < -0.3 is 15.8 Å². The van der Waals surface area contributed by atoms with Gasteiger partial charge in [0.2, 0.25) is 5.91 Å². The smallest absolute Gasteiger partial charge is 0.238 e. The van der Waals surface area contributed by atoms with Gasteiger partial charge in [-0.2, -0.15) is 0 Å². The average molecular weight is 298 g/mol. The van der Waals surface area contributed by atoms with E-state index in [2.05, 4.69) is 5.32 Å². The molecule has 1 aromatic carbocycles. The normalized spacial score (nSPS) is 25.0. The first-order chi connectivity index (χ1) is 10.0. The third kappa shape index (κ3) is 3.00. The number of amides is 1. The number of benzene rings is 1. The topological polar surface area (TPSA) is 64.3 Å². The Morgan fingerprint density at radius 2 is 2.14 bits per heavy atom. The number of ether oxygens (including phenoxy) is 1. The van der Waals surface area contributed by atoms with E-state index in [-0.39, 0.29) is 24.2 Å². The van der Waals surface area contributed by atoms with Gasteiger partial charge in [-0.1, -0.05) is 12.5 Å². The van der Waals surface area contributed by atoms with Gasteiger partial charge in [0, 0.05) is 0 Å². The van der Waals surface area contributed by atoms with Crippen molar-refractivity contribution in [2.24, 2.45) is 11.7 Å². The monoisotopic (exact) mass is 298 g/mol. The summed E-state index contributed by atoms with van der Waals surface area (Å²) in [4.78, 5) is 11.7. The first-order valence-corrected chi connectivity index (χ1v) is 7.07. The van der Waals surface area contributed by atoms with E-state index in [0.717, 1.165) is 25.0 Å². The lowest BCUT2D eigenvalue weighted by Crippen LogP contribution is -2.56. The zero-order chi connectivity index (χ0) is 15.5. The fourth-order valence-corrected chi connectivity index (χ4v) is 3.17. The number of carbonyl (C=O) groups is 1. The first-order valence-electron chi connectivity index (χ1n) is 7.07. The van der Waals surface area contributed by atoms with Crippen LogP contribution in [0.1, 0.15) is 25.7 Å². The molecule has 1 amide bonds. The molecule has 2 rings (SSSR count). The number of hydrogen-bond donors (Lipinski definition) is 2. The van der Waals surface area contributed by atoms with Crippen LogP contribution < -0.4 is 15.8 Å². The highest BCUT2D eigenvalue weighted by Crippen LogP contribution is 2.37. The van der Waals surface area contributed by atoms with E-state index in [0.29, 0.717) is 12.8 Å². The molecule has 116 valence electrons. The van der Waals surface area contributed by atoms with Crippen LogP contribution in [0, 0.1) is 17.6 Å². The number of halogens is 2. The molecule has 1 saturated carbocycles. The van der Waals surface area contributed by atoms with Gasteiger partial charge in [-0.25, -0.2) is 8.78 Å². The molecule has 0 spiro atoms. The van der Waals surface area contributed by atoms with Gasteiger partial charge in [-0.05, 0) is 44.4 Å². The summed E-state index contributed by atoms with van der Waals surface area (Å²) in [6, 6.07) is 3.58. The van der Waals surface area contributed by atoms with Crippen molar-refractivity contribution < 1.29 is 18.3 Å². The molecule has 6 heteroatoms. The molecule has 0 saturated heterocycles. The molecule has 0 bridgehead atoms. The van der Waals surface area contributed by atoms with E-state index >= 15 is 0 Å². The third-order valence-electron chi connectivity index (χ3n) is 4.34. The number of rotatable bonds is 6. The molecule has 0 aliphatic heterocycles.